The van der Waals surface area contributed by atoms with E-state index in [1.807, 2.05) is 54.4 Å². The Bertz CT molecular complexity index is 812. The zero-order valence-corrected chi connectivity index (χ0v) is 15.8. The number of hydrogen-bond donors (Lipinski definition) is 0. The molecule has 140 valence electrons. The maximum atomic E-state index is 12.8. The van der Waals surface area contributed by atoms with Crippen LogP contribution in [0.2, 0.25) is 0 Å². The molecule has 2 aliphatic rings. The summed E-state index contributed by atoms with van der Waals surface area (Å²) >= 11 is 0. The smallest absolute Gasteiger partial charge is 0.253 e. The predicted octanol–water partition coefficient (Wildman–Crippen LogP) is 3.68. The number of benzene rings is 2. The van der Waals surface area contributed by atoms with Gasteiger partial charge in [0.15, 0.2) is 0 Å². The Morgan fingerprint density at radius 1 is 0.963 bits per heavy atom. The normalized spacial score (nSPS) is 19.1. The van der Waals surface area contributed by atoms with Gasteiger partial charge in [0.2, 0.25) is 5.91 Å². The molecule has 1 saturated heterocycles. The van der Waals surface area contributed by atoms with Crippen LogP contribution >= 0.6 is 0 Å². The zero-order valence-electron chi connectivity index (χ0n) is 15.8. The molecule has 2 aromatic rings. The number of nitrogens with zero attached hydrogens (tertiary/aromatic N) is 2. The fourth-order valence-electron chi connectivity index (χ4n) is 3.90. The van der Waals surface area contributed by atoms with Crippen molar-refractivity contribution in [1.29, 1.82) is 0 Å². The van der Waals surface area contributed by atoms with Gasteiger partial charge in [0.1, 0.15) is 0 Å². The zero-order chi connectivity index (χ0) is 18.8. The van der Waals surface area contributed by atoms with E-state index in [0.717, 1.165) is 43.5 Å². The highest BCUT2D eigenvalue weighted by atomic mass is 16.2. The van der Waals surface area contributed by atoms with Crippen molar-refractivity contribution >= 4 is 11.8 Å². The van der Waals surface area contributed by atoms with Gasteiger partial charge in [-0.25, -0.2) is 0 Å². The Labute approximate surface area is 160 Å². The van der Waals surface area contributed by atoms with Gasteiger partial charge in [-0.3, -0.25) is 9.59 Å². The van der Waals surface area contributed by atoms with Gasteiger partial charge >= 0.3 is 0 Å². The Kier molecular flexibility index (Phi) is 4.97. The minimum atomic E-state index is 0.0431. The summed E-state index contributed by atoms with van der Waals surface area (Å²) in [6, 6.07) is 18.0. The summed E-state index contributed by atoms with van der Waals surface area (Å²) in [6.45, 7) is 2.33. The summed E-state index contributed by atoms with van der Waals surface area (Å²) in [5.41, 5.74) is 2.97. The summed E-state index contributed by atoms with van der Waals surface area (Å²) in [4.78, 5) is 28.7. The van der Waals surface area contributed by atoms with Crippen molar-refractivity contribution in [2.24, 2.45) is 11.8 Å². The van der Waals surface area contributed by atoms with Crippen LogP contribution in [0.25, 0.3) is 11.1 Å². The van der Waals surface area contributed by atoms with Crippen molar-refractivity contribution in [3.8, 4) is 11.1 Å². The van der Waals surface area contributed by atoms with Gasteiger partial charge < -0.3 is 9.80 Å². The van der Waals surface area contributed by atoms with Gasteiger partial charge in [-0.2, -0.15) is 0 Å². The average molecular weight is 362 g/mol. The summed E-state index contributed by atoms with van der Waals surface area (Å²) in [7, 11) is 1.86. The third-order valence-corrected chi connectivity index (χ3v) is 5.64. The molecule has 1 heterocycles. The second-order valence-corrected chi connectivity index (χ2v) is 7.84. The third kappa shape index (κ3) is 4.05. The molecule has 1 saturated carbocycles. The van der Waals surface area contributed by atoms with E-state index in [-0.39, 0.29) is 11.8 Å². The number of amides is 2. The van der Waals surface area contributed by atoms with Crippen LogP contribution in [0.1, 0.15) is 29.6 Å². The van der Waals surface area contributed by atoms with Gasteiger partial charge in [0.05, 0.1) is 0 Å². The topological polar surface area (TPSA) is 40.6 Å². The minimum Gasteiger partial charge on any atom is -0.342 e. The number of carbonyl (C=O) groups excluding carboxylic acids is 2. The van der Waals surface area contributed by atoms with E-state index in [2.05, 4.69) is 12.1 Å². The van der Waals surface area contributed by atoms with Crippen LogP contribution in [0.4, 0.5) is 0 Å². The van der Waals surface area contributed by atoms with E-state index in [9.17, 15) is 9.59 Å². The maximum absolute atomic E-state index is 12.8. The van der Waals surface area contributed by atoms with E-state index in [1.165, 1.54) is 0 Å². The van der Waals surface area contributed by atoms with Crippen LogP contribution in [0.15, 0.2) is 54.6 Å². The molecule has 0 N–H and O–H groups in total. The lowest BCUT2D eigenvalue weighted by Gasteiger charge is -2.22. The summed E-state index contributed by atoms with van der Waals surface area (Å²) in [5, 5.41) is 0. The largest absolute Gasteiger partial charge is 0.342 e. The molecule has 1 atom stereocenters. The molecule has 0 spiro atoms. The standard InChI is InChI=1S/C23H26N2O2/c1-24(15-17-13-14-25(16-17)23(27)21-11-12-21)22(26)20-9-7-19(8-10-20)18-5-3-2-4-6-18/h2-10,17,21H,11-16H2,1H3. The summed E-state index contributed by atoms with van der Waals surface area (Å²) in [5.74, 6) is 1.03. The summed E-state index contributed by atoms with van der Waals surface area (Å²) in [6.07, 6.45) is 3.09. The van der Waals surface area contributed by atoms with Crippen LogP contribution in [0.3, 0.4) is 0 Å². The number of hydrogen-bond acceptors (Lipinski definition) is 2. The molecule has 0 aromatic heterocycles. The molecule has 1 aliphatic heterocycles. The Morgan fingerprint density at radius 3 is 2.30 bits per heavy atom. The van der Waals surface area contributed by atoms with Crippen molar-refractivity contribution in [2.45, 2.75) is 19.3 Å². The van der Waals surface area contributed by atoms with Gasteiger partial charge in [0.25, 0.3) is 5.91 Å². The van der Waals surface area contributed by atoms with E-state index in [1.54, 1.807) is 4.90 Å². The maximum Gasteiger partial charge on any atom is 0.253 e. The molecule has 4 rings (SSSR count). The summed E-state index contributed by atoms with van der Waals surface area (Å²) < 4.78 is 0. The quantitative estimate of drug-likeness (QED) is 0.814. The van der Waals surface area contributed by atoms with Crippen LogP contribution in [-0.2, 0) is 4.79 Å². The highest BCUT2D eigenvalue weighted by Gasteiger charge is 2.36. The van der Waals surface area contributed by atoms with E-state index in [0.29, 0.717) is 23.9 Å². The van der Waals surface area contributed by atoms with Gasteiger partial charge in [-0.15, -0.1) is 0 Å². The van der Waals surface area contributed by atoms with Crippen LogP contribution < -0.4 is 0 Å². The first kappa shape index (κ1) is 17.8. The van der Waals surface area contributed by atoms with Crippen LogP contribution in [0, 0.1) is 11.8 Å². The number of carbonyl (C=O) groups is 2. The molecule has 1 aliphatic carbocycles. The highest BCUT2D eigenvalue weighted by Crippen LogP contribution is 2.33. The van der Waals surface area contributed by atoms with Crippen LogP contribution in [-0.4, -0.2) is 48.3 Å². The fraction of sp³-hybridized carbons (Fsp3) is 0.391. The Balaban J connectivity index is 1.34. The van der Waals surface area contributed by atoms with E-state index in [4.69, 9.17) is 0 Å². The molecule has 4 nitrogen and oxygen atoms in total. The number of rotatable bonds is 5. The van der Waals surface area contributed by atoms with Gasteiger partial charge in [0, 0.05) is 38.2 Å². The SMILES string of the molecule is CN(CC1CCN(C(=O)C2CC2)C1)C(=O)c1ccc(-c2ccccc2)cc1. The van der Waals surface area contributed by atoms with Crippen LogP contribution in [0.5, 0.6) is 0 Å². The van der Waals surface area contributed by atoms with Crippen molar-refractivity contribution in [3.63, 3.8) is 0 Å². The molecule has 0 bridgehead atoms. The molecule has 0 radical (unpaired) electrons. The first-order valence-corrected chi connectivity index (χ1v) is 9.81. The first-order chi connectivity index (χ1) is 13.1. The van der Waals surface area contributed by atoms with Gasteiger partial charge in [-0.05, 0) is 48.4 Å². The monoisotopic (exact) mass is 362 g/mol. The van der Waals surface area contributed by atoms with E-state index < -0.39 is 0 Å². The van der Waals surface area contributed by atoms with Gasteiger partial charge in [-0.1, -0.05) is 42.5 Å². The van der Waals surface area contributed by atoms with Crippen molar-refractivity contribution in [1.82, 2.24) is 9.80 Å². The lowest BCUT2D eigenvalue weighted by Crippen LogP contribution is -2.34. The second-order valence-electron chi connectivity index (χ2n) is 7.84. The van der Waals surface area contributed by atoms with Crippen molar-refractivity contribution in [3.05, 3.63) is 60.2 Å². The lowest BCUT2D eigenvalue weighted by atomic mass is 10.0. The minimum absolute atomic E-state index is 0.0431. The average Bonchev–Trinajstić information content (AvgIpc) is 3.46. The predicted molar refractivity (Wildman–Crippen MR) is 106 cm³/mol. The fourth-order valence-corrected chi connectivity index (χ4v) is 3.90. The molecule has 4 heteroatoms. The molecular formula is C23H26N2O2. The second kappa shape index (κ2) is 7.55. The molecule has 1 unspecified atom stereocenters. The van der Waals surface area contributed by atoms with Crippen molar-refractivity contribution in [2.75, 3.05) is 26.7 Å². The molecule has 2 aromatic carbocycles. The molecule has 2 fully saturated rings. The Morgan fingerprint density at radius 2 is 1.63 bits per heavy atom. The Hall–Kier alpha value is -2.62. The van der Waals surface area contributed by atoms with Crippen molar-refractivity contribution < 1.29 is 9.59 Å². The molecule has 2 amide bonds. The number of likely N-dealkylation sites (tertiary alicyclic amines) is 1. The molecule has 27 heavy (non-hydrogen) atoms. The lowest BCUT2D eigenvalue weighted by molar-refractivity contribution is -0.131. The third-order valence-electron chi connectivity index (χ3n) is 5.64. The van der Waals surface area contributed by atoms with E-state index >= 15 is 0 Å². The first-order valence-electron chi connectivity index (χ1n) is 9.81. The highest BCUT2D eigenvalue weighted by molar-refractivity contribution is 5.94. The molecular weight excluding hydrogens is 336 g/mol.